The number of hydrogen-bond acceptors (Lipinski definition) is 3. The maximum absolute atomic E-state index is 13.5. The van der Waals surface area contributed by atoms with Crippen LogP contribution in [-0.2, 0) is 9.84 Å². The zero-order valence-corrected chi connectivity index (χ0v) is 8.93. The van der Waals surface area contributed by atoms with E-state index in [2.05, 4.69) is 0 Å². The highest BCUT2D eigenvalue weighted by Crippen LogP contribution is 2.38. The van der Waals surface area contributed by atoms with Gasteiger partial charge in [-0.2, -0.15) is 0 Å². The Labute approximate surface area is 88.0 Å². The van der Waals surface area contributed by atoms with Crippen LogP contribution in [0.5, 0.6) is 0 Å². The Morgan fingerprint density at radius 2 is 2.20 bits per heavy atom. The summed E-state index contributed by atoms with van der Waals surface area (Å²) in [4.78, 5) is 0.140. The number of nitrogens with two attached hydrogens (primary N) is 1. The average molecular weight is 229 g/mol. The summed E-state index contributed by atoms with van der Waals surface area (Å²) in [7, 11) is -3.30. The summed E-state index contributed by atoms with van der Waals surface area (Å²) in [5.74, 6) is -0.733. The Bertz CT molecular complexity index is 484. The molecule has 1 heterocycles. The normalized spacial score (nSPS) is 22.7. The number of halogens is 1. The molecule has 0 bridgehead atoms. The fraction of sp³-hybridized carbons (Fsp3) is 0.400. The first-order valence-corrected chi connectivity index (χ1v) is 6.42. The summed E-state index contributed by atoms with van der Waals surface area (Å²) in [6.07, 6.45) is 0.507. The predicted octanol–water partition coefficient (Wildman–Crippen LogP) is 1.05. The Morgan fingerprint density at radius 3 is 2.87 bits per heavy atom. The molecule has 0 amide bonds. The minimum absolute atomic E-state index is 0.0134. The quantitative estimate of drug-likeness (QED) is 0.824. The summed E-state index contributed by atoms with van der Waals surface area (Å²) >= 11 is 0. The third kappa shape index (κ3) is 1.66. The van der Waals surface area contributed by atoms with Gasteiger partial charge in [0.05, 0.1) is 10.6 Å². The Hall–Kier alpha value is -0.940. The largest absolute Gasteiger partial charge is 0.330 e. The van der Waals surface area contributed by atoms with Crippen LogP contribution in [0, 0.1) is 5.82 Å². The van der Waals surface area contributed by atoms with Crippen molar-refractivity contribution in [2.24, 2.45) is 5.73 Å². The molecule has 0 aromatic heterocycles. The van der Waals surface area contributed by atoms with Gasteiger partial charge in [-0.3, -0.25) is 0 Å². The molecule has 0 saturated heterocycles. The molecular formula is C10H12FNO2S. The molecule has 82 valence electrons. The van der Waals surface area contributed by atoms with Crippen molar-refractivity contribution in [1.29, 1.82) is 0 Å². The van der Waals surface area contributed by atoms with Crippen LogP contribution in [0.25, 0.3) is 0 Å². The van der Waals surface area contributed by atoms with E-state index >= 15 is 0 Å². The van der Waals surface area contributed by atoms with Gasteiger partial charge in [-0.25, -0.2) is 12.8 Å². The second-order valence-electron chi connectivity index (χ2n) is 3.71. The van der Waals surface area contributed by atoms with E-state index in [-0.39, 0.29) is 16.6 Å². The molecule has 0 fully saturated rings. The maximum Gasteiger partial charge on any atom is 0.179 e. The lowest BCUT2D eigenvalue weighted by Crippen LogP contribution is -2.10. The van der Waals surface area contributed by atoms with Crippen molar-refractivity contribution >= 4 is 9.84 Å². The maximum atomic E-state index is 13.5. The molecule has 0 radical (unpaired) electrons. The van der Waals surface area contributed by atoms with Crippen LogP contribution in [0.15, 0.2) is 23.1 Å². The molecule has 1 unspecified atom stereocenters. The molecule has 0 saturated carbocycles. The average Bonchev–Trinajstić information content (AvgIpc) is 2.41. The van der Waals surface area contributed by atoms with E-state index in [1.165, 1.54) is 18.2 Å². The van der Waals surface area contributed by atoms with Crippen LogP contribution in [0.4, 0.5) is 4.39 Å². The van der Waals surface area contributed by atoms with Crippen molar-refractivity contribution in [3.8, 4) is 0 Å². The molecule has 0 spiro atoms. The predicted molar refractivity (Wildman–Crippen MR) is 54.9 cm³/mol. The number of sulfone groups is 1. The number of benzene rings is 1. The lowest BCUT2D eigenvalue weighted by Gasteiger charge is -2.08. The number of fused-ring (bicyclic) bond motifs is 1. The fourth-order valence-corrected chi connectivity index (χ4v) is 3.98. The molecule has 15 heavy (non-hydrogen) atoms. The van der Waals surface area contributed by atoms with Gasteiger partial charge in [0.25, 0.3) is 0 Å². The third-order valence-electron chi connectivity index (χ3n) is 2.69. The molecule has 1 aromatic carbocycles. The minimum Gasteiger partial charge on any atom is -0.330 e. The van der Waals surface area contributed by atoms with E-state index < -0.39 is 15.7 Å². The molecule has 2 rings (SSSR count). The van der Waals surface area contributed by atoms with Crippen LogP contribution in [0.3, 0.4) is 0 Å². The van der Waals surface area contributed by atoms with E-state index in [1.807, 2.05) is 0 Å². The third-order valence-corrected chi connectivity index (χ3v) is 4.56. The second-order valence-corrected chi connectivity index (χ2v) is 5.71. The number of hydrogen-bond donors (Lipinski definition) is 1. The minimum atomic E-state index is -3.30. The van der Waals surface area contributed by atoms with Crippen molar-refractivity contribution in [2.45, 2.75) is 17.2 Å². The lowest BCUT2D eigenvalue weighted by molar-refractivity contribution is 0.576. The van der Waals surface area contributed by atoms with Gasteiger partial charge in [0.1, 0.15) is 5.82 Å². The summed E-state index contributed by atoms with van der Waals surface area (Å²) in [5, 5.41) is 0. The van der Waals surface area contributed by atoms with Gasteiger partial charge in [0.2, 0.25) is 0 Å². The lowest BCUT2D eigenvalue weighted by atomic mass is 9.97. The second kappa shape index (κ2) is 3.57. The van der Waals surface area contributed by atoms with Gasteiger partial charge in [-0.15, -0.1) is 0 Å². The first-order chi connectivity index (χ1) is 7.06. The Morgan fingerprint density at radius 1 is 1.47 bits per heavy atom. The Kier molecular flexibility index (Phi) is 2.52. The zero-order chi connectivity index (χ0) is 11.1. The topological polar surface area (TPSA) is 60.2 Å². The van der Waals surface area contributed by atoms with Gasteiger partial charge < -0.3 is 5.73 Å². The molecule has 1 aromatic rings. The zero-order valence-electron chi connectivity index (χ0n) is 8.11. The van der Waals surface area contributed by atoms with Crippen molar-refractivity contribution in [2.75, 3.05) is 12.3 Å². The molecule has 5 heteroatoms. The van der Waals surface area contributed by atoms with Crippen molar-refractivity contribution < 1.29 is 12.8 Å². The van der Waals surface area contributed by atoms with Gasteiger partial charge in [-0.05, 0) is 25.1 Å². The summed E-state index contributed by atoms with van der Waals surface area (Å²) in [6, 6.07) is 4.18. The molecule has 0 aliphatic carbocycles. The fourth-order valence-electron chi connectivity index (χ4n) is 2.05. The molecule has 1 atom stereocenters. The van der Waals surface area contributed by atoms with E-state index in [0.717, 1.165) is 0 Å². The van der Waals surface area contributed by atoms with Crippen molar-refractivity contribution in [1.82, 2.24) is 0 Å². The summed E-state index contributed by atoms with van der Waals surface area (Å²) in [5.41, 5.74) is 5.71. The van der Waals surface area contributed by atoms with Gasteiger partial charge in [0.15, 0.2) is 9.84 Å². The highest BCUT2D eigenvalue weighted by Gasteiger charge is 2.36. The van der Waals surface area contributed by atoms with E-state index in [9.17, 15) is 12.8 Å². The van der Waals surface area contributed by atoms with Crippen LogP contribution in [0.2, 0.25) is 0 Å². The smallest absolute Gasteiger partial charge is 0.179 e. The first-order valence-electron chi connectivity index (χ1n) is 4.77. The highest BCUT2D eigenvalue weighted by molar-refractivity contribution is 7.91. The van der Waals surface area contributed by atoms with E-state index in [0.29, 0.717) is 18.5 Å². The molecule has 2 N–H and O–H groups in total. The van der Waals surface area contributed by atoms with Crippen molar-refractivity contribution in [3.63, 3.8) is 0 Å². The van der Waals surface area contributed by atoms with Crippen LogP contribution >= 0.6 is 0 Å². The molecule has 1 aliphatic heterocycles. The van der Waals surface area contributed by atoms with Crippen LogP contribution < -0.4 is 5.73 Å². The van der Waals surface area contributed by atoms with Gasteiger partial charge >= 0.3 is 0 Å². The first kappa shape index (κ1) is 10.6. The Balaban J connectivity index is 2.59. The summed E-state index contributed by atoms with van der Waals surface area (Å²) in [6.45, 7) is 0.369. The standard InChI is InChI=1S/C10H12FNO2S/c11-8-2-1-3-9-10(8)7(4-5-12)6-15(9,13)14/h1-3,7H,4-6,12H2. The molecule has 1 aliphatic rings. The van der Waals surface area contributed by atoms with Crippen molar-refractivity contribution in [3.05, 3.63) is 29.6 Å². The van der Waals surface area contributed by atoms with E-state index in [4.69, 9.17) is 5.73 Å². The van der Waals surface area contributed by atoms with Gasteiger partial charge in [0, 0.05) is 11.5 Å². The molecule has 3 nitrogen and oxygen atoms in total. The SMILES string of the molecule is NCCC1CS(=O)(=O)c2cccc(F)c21. The highest BCUT2D eigenvalue weighted by atomic mass is 32.2. The summed E-state index contributed by atoms with van der Waals surface area (Å²) < 4.78 is 36.9. The van der Waals surface area contributed by atoms with E-state index in [1.54, 1.807) is 0 Å². The molecular weight excluding hydrogens is 217 g/mol. The van der Waals surface area contributed by atoms with Crippen LogP contribution in [0.1, 0.15) is 17.9 Å². The monoisotopic (exact) mass is 229 g/mol. The van der Waals surface area contributed by atoms with Gasteiger partial charge in [-0.1, -0.05) is 6.07 Å². The van der Waals surface area contributed by atoms with Crippen LogP contribution in [-0.4, -0.2) is 20.7 Å². The number of rotatable bonds is 2.